The molecule has 0 fully saturated rings. The summed E-state index contributed by atoms with van der Waals surface area (Å²) in [7, 11) is 0. The lowest BCUT2D eigenvalue weighted by molar-refractivity contribution is -0.139. The van der Waals surface area contributed by atoms with Crippen LogP contribution in [0.5, 0.6) is 0 Å². The Hall–Kier alpha value is -3.46. The normalized spacial score (nSPS) is 12.5. The second-order valence-electron chi connectivity index (χ2n) is 10.2. The molecule has 2 N–H and O–H groups in total. The molecule has 0 saturated heterocycles. The highest BCUT2D eigenvalue weighted by molar-refractivity contribution is 7.98. The van der Waals surface area contributed by atoms with Crippen molar-refractivity contribution < 1.29 is 19.4 Å². The molecule has 0 bridgehead atoms. The topological polar surface area (TPSA) is 88.5 Å². The van der Waals surface area contributed by atoms with Crippen molar-refractivity contribution in [3.63, 3.8) is 0 Å². The number of carbonyl (C=O) groups excluding carboxylic acids is 1. The highest BCUT2D eigenvalue weighted by atomic mass is 32.2. The molecule has 0 radical (unpaired) electrons. The molecule has 2 atom stereocenters. The number of unbranched alkanes of at least 4 members (excludes halogenated alkanes) is 1. The number of benzene rings is 3. The lowest BCUT2D eigenvalue weighted by Gasteiger charge is -2.19. The maximum Gasteiger partial charge on any atom is 0.326 e. The summed E-state index contributed by atoms with van der Waals surface area (Å²) >= 11 is 3.22. The Balaban J connectivity index is 1.59. The SMILES string of the molecule is CCCC[C@@H](OCc1ccc(C(=O)N[C@@H](CCSC)C(=O)O)c(-c2ccccc2C)c1)c1cnc(-c2ccccc2)s1. The molecule has 3 aromatic carbocycles. The Labute approximate surface area is 256 Å². The third kappa shape index (κ3) is 8.31. The van der Waals surface area contributed by atoms with Crippen LogP contribution in [0.1, 0.15) is 65.1 Å². The van der Waals surface area contributed by atoms with E-state index in [4.69, 9.17) is 4.74 Å². The van der Waals surface area contributed by atoms with E-state index in [1.165, 1.54) is 0 Å². The number of rotatable bonds is 15. The van der Waals surface area contributed by atoms with E-state index >= 15 is 0 Å². The number of hydrogen-bond acceptors (Lipinski definition) is 6. The zero-order valence-electron chi connectivity index (χ0n) is 24.3. The third-order valence-electron chi connectivity index (χ3n) is 7.11. The molecule has 220 valence electrons. The molecule has 0 spiro atoms. The van der Waals surface area contributed by atoms with Crippen LogP contribution in [-0.4, -0.2) is 40.0 Å². The second kappa shape index (κ2) is 15.7. The summed E-state index contributed by atoms with van der Waals surface area (Å²) in [5.41, 5.74) is 5.20. The molecule has 4 aromatic rings. The van der Waals surface area contributed by atoms with Gasteiger partial charge < -0.3 is 15.2 Å². The first-order valence-corrected chi connectivity index (χ1v) is 16.5. The van der Waals surface area contributed by atoms with E-state index in [2.05, 4.69) is 29.4 Å². The number of hydrogen-bond donors (Lipinski definition) is 2. The molecule has 0 saturated carbocycles. The number of thiazole rings is 1. The molecule has 1 aromatic heterocycles. The number of ether oxygens (including phenoxy) is 1. The van der Waals surface area contributed by atoms with Crippen LogP contribution >= 0.6 is 23.1 Å². The van der Waals surface area contributed by atoms with Crippen LogP contribution in [0.25, 0.3) is 21.7 Å². The highest BCUT2D eigenvalue weighted by Crippen LogP contribution is 2.34. The molecule has 6 nitrogen and oxygen atoms in total. The summed E-state index contributed by atoms with van der Waals surface area (Å²) in [4.78, 5) is 31.0. The van der Waals surface area contributed by atoms with Crippen LogP contribution in [0.4, 0.5) is 0 Å². The van der Waals surface area contributed by atoms with E-state index in [1.54, 1.807) is 29.2 Å². The van der Waals surface area contributed by atoms with Gasteiger partial charge in [0.15, 0.2) is 0 Å². The van der Waals surface area contributed by atoms with E-state index in [9.17, 15) is 14.7 Å². The quantitative estimate of drug-likeness (QED) is 0.143. The largest absolute Gasteiger partial charge is 0.480 e. The first-order chi connectivity index (χ1) is 20.4. The van der Waals surface area contributed by atoms with Crippen molar-refractivity contribution in [3.8, 4) is 21.7 Å². The average molecular weight is 603 g/mol. The molecule has 4 rings (SSSR count). The predicted octanol–water partition coefficient (Wildman–Crippen LogP) is 8.17. The van der Waals surface area contributed by atoms with Gasteiger partial charge in [-0.2, -0.15) is 11.8 Å². The molecule has 0 unspecified atom stereocenters. The number of aromatic nitrogens is 1. The predicted molar refractivity (Wildman–Crippen MR) is 173 cm³/mol. The number of nitrogens with one attached hydrogen (secondary N) is 1. The van der Waals surface area contributed by atoms with Gasteiger partial charge in [-0.05, 0) is 66.2 Å². The number of aliphatic carboxylic acids is 1. The second-order valence-corrected chi connectivity index (χ2v) is 12.3. The van der Waals surface area contributed by atoms with Gasteiger partial charge in [-0.15, -0.1) is 11.3 Å². The van der Waals surface area contributed by atoms with E-state index in [0.29, 0.717) is 24.3 Å². The number of nitrogens with zero attached hydrogens (tertiary/aromatic N) is 1. The van der Waals surface area contributed by atoms with Gasteiger partial charge in [0.2, 0.25) is 0 Å². The standard InChI is InChI=1S/C34H38N2O4S2/c1-4-5-15-30(31-21-35-33(42-31)25-12-7-6-8-13-25)40-22-24-16-17-27(28(20-24)26-14-10-9-11-23(26)2)32(37)36-29(34(38)39)18-19-41-3/h6-14,16-17,20-21,29-30H,4-5,15,18-19,22H2,1-3H3,(H,36,37)(H,38,39)/t29-,30+/m0/s1. The fourth-order valence-corrected chi connectivity index (χ4v) is 6.23. The summed E-state index contributed by atoms with van der Waals surface area (Å²) in [5.74, 6) is -0.783. The summed E-state index contributed by atoms with van der Waals surface area (Å²) < 4.78 is 6.52. The monoisotopic (exact) mass is 602 g/mol. The minimum atomic E-state index is -1.03. The van der Waals surface area contributed by atoms with Crippen molar-refractivity contribution in [3.05, 3.63) is 101 Å². The third-order valence-corrected chi connectivity index (χ3v) is 8.89. The van der Waals surface area contributed by atoms with Gasteiger partial charge in [0.1, 0.15) is 11.0 Å². The van der Waals surface area contributed by atoms with E-state index in [1.807, 2.05) is 74.0 Å². The Morgan fingerprint density at radius 1 is 1.02 bits per heavy atom. The van der Waals surface area contributed by atoms with Gasteiger partial charge >= 0.3 is 5.97 Å². The van der Waals surface area contributed by atoms with E-state index in [-0.39, 0.29) is 6.10 Å². The van der Waals surface area contributed by atoms with Crippen LogP contribution in [0, 0.1) is 6.92 Å². The molecule has 0 aliphatic carbocycles. The van der Waals surface area contributed by atoms with Gasteiger partial charge in [-0.1, -0.05) is 80.4 Å². The zero-order valence-corrected chi connectivity index (χ0v) is 26.0. The summed E-state index contributed by atoms with van der Waals surface area (Å²) in [6.45, 7) is 4.56. The van der Waals surface area contributed by atoms with Crippen molar-refractivity contribution in [1.82, 2.24) is 10.3 Å². The molecular weight excluding hydrogens is 565 g/mol. The minimum absolute atomic E-state index is 0.0856. The maximum absolute atomic E-state index is 13.4. The molecule has 1 amide bonds. The van der Waals surface area contributed by atoms with Crippen LogP contribution in [0.2, 0.25) is 0 Å². The number of amides is 1. The number of aryl methyl sites for hydroxylation is 1. The zero-order chi connectivity index (χ0) is 29.9. The van der Waals surface area contributed by atoms with Crippen molar-refractivity contribution >= 4 is 35.0 Å². The van der Waals surface area contributed by atoms with Gasteiger partial charge in [0, 0.05) is 17.3 Å². The first-order valence-electron chi connectivity index (χ1n) is 14.3. The lowest BCUT2D eigenvalue weighted by Crippen LogP contribution is -2.41. The average Bonchev–Trinajstić information content (AvgIpc) is 3.50. The van der Waals surface area contributed by atoms with Crippen LogP contribution < -0.4 is 5.32 Å². The van der Waals surface area contributed by atoms with Crippen LogP contribution in [0.15, 0.2) is 79.0 Å². The van der Waals surface area contributed by atoms with Gasteiger partial charge in [0.05, 0.1) is 17.6 Å². The van der Waals surface area contributed by atoms with Crippen molar-refractivity contribution in [2.75, 3.05) is 12.0 Å². The van der Waals surface area contributed by atoms with Crippen molar-refractivity contribution in [2.24, 2.45) is 0 Å². The molecule has 0 aliphatic heterocycles. The Morgan fingerprint density at radius 2 is 1.79 bits per heavy atom. The summed E-state index contributed by atoms with van der Waals surface area (Å²) in [6, 6.07) is 22.8. The molecule has 1 heterocycles. The molecule has 8 heteroatoms. The Kier molecular flexibility index (Phi) is 11.7. The van der Waals surface area contributed by atoms with Crippen molar-refractivity contribution in [1.29, 1.82) is 0 Å². The highest BCUT2D eigenvalue weighted by Gasteiger charge is 2.23. The number of thioether (sulfide) groups is 1. The lowest BCUT2D eigenvalue weighted by atomic mass is 9.93. The van der Waals surface area contributed by atoms with E-state index in [0.717, 1.165) is 57.0 Å². The van der Waals surface area contributed by atoms with Crippen molar-refractivity contribution in [2.45, 2.75) is 58.3 Å². The maximum atomic E-state index is 13.4. The van der Waals surface area contributed by atoms with Gasteiger partial charge in [0.25, 0.3) is 5.91 Å². The van der Waals surface area contributed by atoms with E-state index < -0.39 is 17.9 Å². The summed E-state index contributed by atoms with van der Waals surface area (Å²) in [5, 5.41) is 13.4. The molecule has 0 aliphatic rings. The number of carbonyl (C=O) groups is 2. The Morgan fingerprint density at radius 3 is 2.50 bits per heavy atom. The van der Waals surface area contributed by atoms with Gasteiger partial charge in [-0.3, -0.25) is 4.79 Å². The summed E-state index contributed by atoms with van der Waals surface area (Å²) in [6.07, 6.45) is 7.12. The number of carboxylic acids is 1. The first kappa shape index (κ1) is 31.5. The fourth-order valence-electron chi connectivity index (χ4n) is 4.75. The number of carboxylic acid groups (broad SMARTS) is 1. The smallest absolute Gasteiger partial charge is 0.326 e. The van der Waals surface area contributed by atoms with Gasteiger partial charge in [-0.25, -0.2) is 9.78 Å². The molecular formula is C34H38N2O4S2. The fraction of sp³-hybridized carbons (Fsp3) is 0.324. The molecule has 42 heavy (non-hydrogen) atoms. The van der Waals surface area contributed by atoms with Crippen LogP contribution in [-0.2, 0) is 16.1 Å². The van der Waals surface area contributed by atoms with Crippen LogP contribution in [0.3, 0.4) is 0 Å². The Bertz CT molecular complexity index is 1470. The minimum Gasteiger partial charge on any atom is -0.480 e.